The summed E-state index contributed by atoms with van der Waals surface area (Å²) in [5.74, 6) is -0.166. The van der Waals surface area contributed by atoms with Crippen LogP contribution in [-0.2, 0) is 4.74 Å². The molecule has 0 spiro atoms. The first-order valence-corrected chi connectivity index (χ1v) is 9.18. The molecular weight excluding hydrogens is 352 g/mol. The summed E-state index contributed by atoms with van der Waals surface area (Å²) in [6, 6.07) is 8.54. The van der Waals surface area contributed by atoms with E-state index in [0.717, 1.165) is 12.8 Å². The SMILES string of the molecule is CCCCN1C(=O)c2cccc3c(NC(=O)OCCS)ccc(c23)C1=O. The van der Waals surface area contributed by atoms with Crippen LogP contribution in [0.25, 0.3) is 10.8 Å². The number of benzene rings is 2. The summed E-state index contributed by atoms with van der Waals surface area (Å²) in [5, 5.41) is 3.88. The summed E-state index contributed by atoms with van der Waals surface area (Å²) in [6.45, 7) is 2.61. The van der Waals surface area contributed by atoms with E-state index in [0.29, 0.717) is 39.9 Å². The number of thiol groups is 1. The molecular formula is C19H20N2O4S. The second-order valence-electron chi connectivity index (χ2n) is 5.99. The van der Waals surface area contributed by atoms with Crippen LogP contribution in [0.2, 0.25) is 0 Å². The van der Waals surface area contributed by atoms with Gasteiger partial charge in [-0.3, -0.25) is 19.8 Å². The first-order valence-electron chi connectivity index (χ1n) is 8.55. The maximum atomic E-state index is 12.8. The topological polar surface area (TPSA) is 75.7 Å². The van der Waals surface area contributed by atoms with E-state index >= 15 is 0 Å². The van der Waals surface area contributed by atoms with Crippen LogP contribution < -0.4 is 5.32 Å². The molecule has 0 aliphatic carbocycles. The van der Waals surface area contributed by atoms with E-state index in [-0.39, 0.29) is 18.4 Å². The van der Waals surface area contributed by atoms with E-state index in [1.165, 1.54) is 4.90 Å². The second kappa shape index (κ2) is 7.78. The number of imide groups is 1. The lowest BCUT2D eigenvalue weighted by Gasteiger charge is -2.27. The fourth-order valence-electron chi connectivity index (χ4n) is 3.06. The van der Waals surface area contributed by atoms with Crippen molar-refractivity contribution in [2.24, 2.45) is 0 Å². The highest BCUT2D eigenvalue weighted by Crippen LogP contribution is 2.34. The van der Waals surface area contributed by atoms with Crippen molar-refractivity contribution in [1.82, 2.24) is 4.90 Å². The zero-order valence-corrected chi connectivity index (χ0v) is 15.3. The van der Waals surface area contributed by atoms with Gasteiger partial charge in [0.15, 0.2) is 0 Å². The Morgan fingerprint density at radius 2 is 1.88 bits per heavy atom. The Morgan fingerprint density at radius 1 is 1.15 bits per heavy atom. The van der Waals surface area contributed by atoms with Gasteiger partial charge in [0.2, 0.25) is 0 Å². The monoisotopic (exact) mass is 372 g/mol. The van der Waals surface area contributed by atoms with Gasteiger partial charge in [-0.1, -0.05) is 25.5 Å². The highest BCUT2D eigenvalue weighted by molar-refractivity contribution is 7.80. The molecule has 26 heavy (non-hydrogen) atoms. The van der Waals surface area contributed by atoms with E-state index in [1.807, 2.05) is 6.92 Å². The minimum absolute atomic E-state index is 0.194. The number of carbonyl (C=O) groups excluding carboxylic acids is 3. The number of rotatable bonds is 6. The molecule has 0 fully saturated rings. The van der Waals surface area contributed by atoms with E-state index < -0.39 is 6.09 Å². The van der Waals surface area contributed by atoms with Gasteiger partial charge in [0.05, 0.1) is 5.69 Å². The Balaban J connectivity index is 2.03. The summed E-state index contributed by atoms with van der Waals surface area (Å²) in [7, 11) is 0. The van der Waals surface area contributed by atoms with E-state index in [2.05, 4.69) is 17.9 Å². The van der Waals surface area contributed by atoms with E-state index in [1.54, 1.807) is 30.3 Å². The van der Waals surface area contributed by atoms with Crippen molar-refractivity contribution in [3.05, 3.63) is 41.5 Å². The molecule has 1 aliphatic rings. The predicted molar refractivity (Wildman–Crippen MR) is 103 cm³/mol. The predicted octanol–water partition coefficient (Wildman–Crippen LogP) is 3.71. The van der Waals surface area contributed by atoms with Gasteiger partial charge in [0.25, 0.3) is 11.8 Å². The van der Waals surface area contributed by atoms with Crippen molar-refractivity contribution in [2.45, 2.75) is 19.8 Å². The van der Waals surface area contributed by atoms with Gasteiger partial charge in [-0.15, -0.1) is 0 Å². The summed E-state index contributed by atoms with van der Waals surface area (Å²) in [5.41, 5.74) is 1.44. The average molecular weight is 372 g/mol. The fraction of sp³-hybridized carbons (Fsp3) is 0.316. The number of hydrogen-bond donors (Lipinski definition) is 2. The van der Waals surface area contributed by atoms with Crippen LogP contribution in [0.15, 0.2) is 30.3 Å². The van der Waals surface area contributed by atoms with Gasteiger partial charge >= 0.3 is 6.09 Å². The van der Waals surface area contributed by atoms with Crippen molar-refractivity contribution in [3.63, 3.8) is 0 Å². The molecule has 0 unspecified atom stereocenters. The van der Waals surface area contributed by atoms with Gasteiger partial charge in [-0.25, -0.2) is 4.79 Å². The third kappa shape index (κ3) is 3.26. The van der Waals surface area contributed by atoms with Gasteiger partial charge in [0, 0.05) is 34.2 Å². The molecule has 0 saturated carbocycles. The largest absolute Gasteiger partial charge is 0.448 e. The molecule has 6 nitrogen and oxygen atoms in total. The molecule has 0 saturated heterocycles. The maximum absolute atomic E-state index is 12.8. The van der Waals surface area contributed by atoms with Crippen LogP contribution in [0.4, 0.5) is 10.5 Å². The van der Waals surface area contributed by atoms with Crippen LogP contribution in [-0.4, -0.2) is 41.7 Å². The van der Waals surface area contributed by atoms with Crippen LogP contribution in [0.1, 0.15) is 40.5 Å². The third-order valence-electron chi connectivity index (χ3n) is 4.29. The molecule has 136 valence electrons. The highest BCUT2D eigenvalue weighted by Gasteiger charge is 2.32. The van der Waals surface area contributed by atoms with Crippen molar-refractivity contribution in [1.29, 1.82) is 0 Å². The van der Waals surface area contributed by atoms with Crippen LogP contribution in [0.5, 0.6) is 0 Å². The molecule has 1 N–H and O–H groups in total. The average Bonchev–Trinajstić information content (AvgIpc) is 2.65. The molecule has 3 rings (SSSR count). The molecule has 0 radical (unpaired) electrons. The number of carbonyl (C=O) groups is 3. The lowest BCUT2D eigenvalue weighted by atomic mass is 9.93. The molecule has 1 aliphatic heterocycles. The lowest BCUT2D eigenvalue weighted by Crippen LogP contribution is -2.40. The normalized spacial score (nSPS) is 13.2. The quantitative estimate of drug-likeness (QED) is 0.599. The zero-order chi connectivity index (χ0) is 18.7. The first-order chi connectivity index (χ1) is 12.6. The molecule has 1 heterocycles. The van der Waals surface area contributed by atoms with Crippen molar-refractivity contribution in [3.8, 4) is 0 Å². The number of anilines is 1. The summed E-state index contributed by atoms with van der Waals surface area (Å²) in [6.07, 6.45) is 1.06. The number of hydrogen-bond acceptors (Lipinski definition) is 5. The molecule has 7 heteroatoms. The number of amides is 3. The van der Waals surface area contributed by atoms with Crippen LogP contribution >= 0.6 is 12.6 Å². The van der Waals surface area contributed by atoms with E-state index in [9.17, 15) is 14.4 Å². The third-order valence-corrected chi connectivity index (χ3v) is 4.47. The standard InChI is InChI=1S/C19H20N2O4S/c1-2-3-9-21-17(22)13-6-4-5-12-15(20-19(24)25-10-11-26)8-7-14(16(12)13)18(21)23/h4-8,26H,2-3,9-11H2,1H3,(H,20,24). The number of nitrogens with one attached hydrogen (secondary N) is 1. The minimum Gasteiger partial charge on any atom is -0.448 e. The summed E-state index contributed by atoms with van der Waals surface area (Å²) >= 11 is 4.00. The zero-order valence-electron chi connectivity index (χ0n) is 14.4. The number of nitrogens with zero attached hydrogens (tertiary/aromatic N) is 1. The van der Waals surface area contributed by atoms with Crippen molar-refractivity contribution < 1.29 is 19.1 Å². The minimum atomic E-state index is -0.599. The van der Waals surface area contributed by atoms with Crippen molar-refractivity contribution in [2.75, 3.05) is 24.2 Å². The van der Waals surface area contributed by atoms with E-state index in [4.69, 9.17) is 4.74 Å². The Morgan fingerprint density at radius 3 is 2.58 bits per heavy atom. The molecule has 2 aromatic carbocycles. The summed E-state index contributed by atoms with van der Waals surface area (Å²) < 4.78 is 4.98. The number of ether oxygens (including phenoxy) is 1. The van der Waals surface area contributed by atoms with Crippen LogP contribution in [0.3, 0.4) is 0 Å². The first kappa shape index (κ1) is 18.3. The van der Waals surface area contributed by atoms with Crippen molar-refractivity contribution >= 4 is 47.0 Å². The summed E-state index contributed by atoms with van der Waals surface area (Å²) in [4.78, 5) is 38.7. The number of unbranched alkanes of at least 4 members (excludes halogenated alkanes) is 1. The Bertz CT molecular complexity index is 859. The smallest absolute Gasteiger partial charge is 0.411 e. The lowest BCUT2D eigenvalue weighted by molar-refractivity contribution is 0.0608. The maximum Gasteiger partial charge on any atom is 0.411 e. The Hall–Kier alpha value is -2.54. The molecule has 3 amide bonds. The van der Waals surface area contributed by atoms with Gasteiger partial charge in [-0.2, -0.15) is 12.6 Å². The van der Waals surface area contributed by atoms with Gasteiger partial charge < -0.3 is 4.74 Å². The fourth-order valence-corrected chi connectivity index (χ4v) is 3.15. The second-order valence-corrected chi connectivity index (χ2v) is 6.44. The van der Waals surface area contributed by atoms with Crippen LogP contribution in [0, 0.1) is 0 Å². The molecule has 0 aromatic heterocycles. The Labute approximate surface area is 156 Å². The Kier molecular flexibility index (Phi) is 5.46. The van der Waals surface area contributed by atoms with Gasteiger partial charge in [-0.05, 0) is 24.6 Å². The van der Waals surface area contributed by atoms with Gasteiger partial charge in [0.1, 0.15) is 6.61 Å². The highest BCUT2D eigenvalue weighted by atomic mass is 32.1. The molecule has 2 aromatic rings. The molecule has 0 bridgehead atoms. The molecule has 0 atom stereocenters.